The summed E-state index contributed by atoms with van der Waals surface area (Å²) in [7, 11) is 0. The van der Waals surface area contributed by atoms with Crippen LogP contribution in [0.25, 0.3) is 10.2 Å². The van der Waals surface area contributed by atoms with Gasteiger partial charge in [0.25, 0.3) is 5.91 Å². The Bertz CT molecular complexity index is 1080. The van der Waals surface area contributed by atoms with Gasteiger partial charge >= 0.3 is 0 Å². The first-order valence-corrected chi connectivity index (χ1v) is 11.9. The minimum Gasteiger partial charge on any atom is -0.350 e. The van der Waals surface area contributed by atoms with Crippen LogP contribution in [0.1, 0.15) is 38.6 Å². The van der Waals surface area contributed by atoms with E-state index in [4.69, 9.17) is 16.9 Å². The monoisotopic (exact) mass is 489 g/mol. The lowest BCUT2D eigenvalue weighted by Crippen LogP contribution is -2.54. The summed E-state index contributed by atoms with van der Waals surface area (Å²) >= 11 is 7.47. The number of hydrogen-bond acceptors (Lipinski definition) is 6. The van der Waals surface area contributed by atoms with Gasteiger partial charge in [-0.25, -0.2) is 4.98 Å². The van der Waals surface area contributed by atoms with Gasteiger partial charge < -0.3 is 16.0 Å². The van der Waals surface area contributed by atoms with Gasteiger partial charge in [-0.15, -0.1) is 11.3 Å². The van der Waals surface area contributed by atoms with Crippen LogP contribution >= 0.6 is 22.9 Å². The molecule has 8 nitrogen and oxygen atoms in total. The molecule has 1 aromatic heterocycles. The lowest BCUT2D eigenvalue weighted by atomic mass is 9.98. The number of benzene rings is 1. The SMILES string of the molecule is C=C(C#N)C(=O)NCC(NC(=O)[C@H](Cc1nc2ccc(Cl)cc2s1)NC(=O)CC)C(C)CC. The van der Waals surface area contributed by atoms with Crippen LogP contribution in [-0.4, -0.2) is 41.3 Å². The zero-order valence-corrected chi connectivity index (χ0v) is 20.5. The lowest BCUT2D eigenvalue weighted by molar-refractivity contribution is -0.129. The third kappa shape index (κ3) is 7.55. The Labute approximate surface area is 202 Å². The molecular weight excluding hydrogens is 462 g/mol. The maximum Gasteiger partial charge on any atom is 0.261 e. The number of nitrogens with one attached hydrogen (secondary N) is 3. The van der Waals surface area contributed by atoms with E-state index in [9.17, 15) is 14.4 Å². The van der Waals surface area contributed by atoms with Crippen LogP contribution in [0.4, 0.5) is 0 Å². The minimum absolute atomic E-state index is 0.0386. The van der Waals surface area contributed by atoms with E-state index >= 15 is 0 Å². The molecule has 0 aliphatic carbocycles. The van der Waals surface area contributed by atoms with E-state index in [2.05, 4.69) is 27.5 Å². The molecule has 0 saturated heterocycles. The summed E-state index contributed by atoms with van der Waals surface area (Å²) in [5.74, 6) is -1.16. The number of carbonyl (C=O) groups excluding carboxylic acids is 3. The van der Waals surface area contributed by atoms with Gasteiger partial charge in [0.05, 0.1) is 15.2 Å². The molecule has 2 unspecified atom stereocenters. The van der Waals surface area contributed by atoms with E-state index in [-0.39, 0.29) is 42.7 Å². The number of hydrogen-bond donors (Lipinski definition) is 3. The van der Waals surface area contributed by atoms with Crippen molar-refractivity contribution in [2.45, 2.75) is 52.1 Å². The second-order valence-electron chi connectivity index (χ2n) is 7.70. The summed E-state index contributed by atoms with van der Waals surface area (Å²) in [6, 6.07) is 5.86. The Hall–Kier alpha value is -2.96. The molecule has 0 spiro atoms. The van der Waals surface area contributed by atoms with Crippen LogP contribution in [0.3, 0.4) is 0 Å². The number of nitriles is 1. The summed E-state index contributed by atoms with van der Waals surface area (Å²) in [5.41, 5.74) is 0.576. The van der Waals surface area contributed by atoms with Gasteiger partial charge in [-0.1, -0.05) is 45.4 Å². The molecule has 0 aliphatic rings. The molecule has 1 heterocycles. The second-order valence-corrected chi connectivity index (χ2v) is 9.25. The smallest absolute Gasteiger partial charge is 0.261 e. The van der Waals surface area contributed by atoms with Gasteiger partial charge in [0, 0.05) is 30.5 Å². The number of thiazole rings is 1. The summed E-state index contributed by atoms with van der Waals surface area (Å²) in [6.45, 7) is 9.17. The fraction of sp³-hybridized carbons (Fsp3) is 0.435. The van der Waals surface area contributed by atoms with E-state index in [1.807, 2.05) is 26.0 Å². The molecule has 10 heteroatoms. The number of rotatable bonds is 11. The molecule has 2 aromatic rings. The third-order valence-corrected chi connectivity index (χ3v) is 6.57. The van der Waals surface area contributed by atoms with Crippen molar-refractivity contribution in [2.75, 3.05) is 6.54 Å². The summed E-state index contributed by atoms with van der Waals surface area (Å²) in [4.78, 5) is 41.8. The molecule has 176 valence electrons. The first kappa shape index (κ1) is 26.3. The molecule has 0 fully saturated rings. The molecular formula is C23H28ClN5O3S. The largest absolute Gasteiger partial charge is 0.350 e. The number of amides is 3. The number of fused-ring (bicyclic) bond motifs is 1. The van der Waals surface area contributed by atoms with Gasteiger partial charge in [0.15, 0.2) is 0 Å². The number of nitrogens with zero attached hydrogens (tertiary/aromatic N) is 2. The molecule has 3 amide bonds. The van der Waals surface area contributed by atoms with Crippen molar-refractivity contribution in [3.63, 3.8) is 0 Å². The van der Waals surface area contributed by atoms with E-state index in [0.717, 1.165) is 16.6 Å². The second kappa shape index (κ2) is 12.3. The highest BCUT2D eigenvalue weighted by Gasteiger charge is 2.27. The van der Waals surface area contributed by atoms with Crippen LogP contribution in [0, 0.1) is 17.2 Å². The van der Waals surface area contributed by atoms with Crippen molar-refractivity contribution >= 4 is 50.9 Å². The summed E-state index contributed by atoms with van der Waals surface area (Å²) in [6.07, 6.45) is 1.21. The number of carbonyl (C=O) groups is 3. The highest BCUT2D eigenvalue weighted by Crippen LogP contribution is 2.26. The maximum absolute atomic E-state index is 13.2. The average molecular weight is 490 g/mol. The van der Waals surface area contributed by atoms with Crippen molar-refractivity contribution in [1.82, 2.24) is 20.9 Å². The van der Waals surface area contributed by atoms with E-state index in [1.165, 1.54) is 11.3 Å². The fourth-order valence-corrected chi connectivity index (χ4v) is 4.32. The predicted molar refractivity (Wildman–Crippen MR) is 130 cm³/mol. The molecule has 3 atom stereocenters. The standard InChI is InChI=1S/C23H28ClN5O3S/c1-5-13(3)18(12-26-22(31)14(4)11-25)29-23(32)17(27-20(30)6-2)10-21-28-16-8-7-15(24)9-19(16)33-21/h7-9,13,17-18H,4-6,10,12H2,1-3H3,(H,26,31)(H,27,30)(H,29,32)/t13?,17-,18?/m0/s1. The quantitative estimate of drug-likeness (QED) is 0.330. The van der Waals surface area contributed by atoms with Crippen LogP contribution in [-0.2, 0) is 20.8 Å². The molecule has 0 radical (unpaired) electrons. The normalized spacial score (nSPS) is 13.4. The lowest BCUT2D eigenvalue weighted by Gasteiger charge is -2.27. The average Bonchev–Trinajstić information content (AvgIpc) is 3.20. The molecule has 0 aliphatic heterocycles. The highest BCUT2D eigenvalue weighted by molar-refractivity contribution is 7.18. The topological polar surface area (TPSA) is 124 Å². The fourth-order valence-electron chi connectivity index (χ4n) is 3.04. The van der Waals surface area contributed by atoms with Gasteiger partial charge in [-0.05, 0) is 24.1 Å². The van der Waals surface area contributed by atoms with Crippen molar-refractivity contribution in [3.8, 4) is 6.07 Å². The Morgan fingerprint density at radius 2 is 2.00 bits per heavy atom. The van der Waals surface area contributed by atoms with Crippen LogP contribution in [0.2, 0.25) is 5.02 Å². The van der Waals surface area contributed by atoms with Gasteiger partial charge in [0.2, 0.25) is 11.8 Å². The molecule has 0 saturated carbocycles. The Morgan fingerprint density at radius 3 is 2.64 bits per heavy atom. The van der Waals surface area contributed by atoms with E-state index < -0.39 is 18.0 Å². The first-order valence-electron chi connectivity index (χ1n) is 10.7. The van der Waals surface area contributed by atoms with Crippen molar-refractivity contribution in [2.24, 2.45) is 5.92 Å². The van der Waals surface area contributed by atoms with E-state index in [0.29, 0.717) is 10.0 Å². The molecule has 2 rings (SSSR count). The third-order valence-electron chi connectivity index (χ3n) is 5.30. The molecule has 3 N–H and O–H groups in total. The van der Waals surface area contributed by atoms with Crippen molar-refractivity contribution < 1.29 is 14.4 Å². The van der Waals surface area contributed by atoms with E-state index in [1.54, 1.807) is 19.1 Å². The molecule has 1 aromatic carbocycles. The van der Waals surface area contributed by atoms with Crippen LogP contribution in [0.5, 0.6) is 0 Å². The maximum atomic E-state index is 13.2. The van der Waals surface area contributed by atoms with Gasteiger partial charge in [0.1, 0.15) is 17.7 Å². The number of halogens is 1. The summed E-state index contributed by atoms with van der Waals surface area (Å²) < 4.78 is 0.899. The van der Waals surface area contributed by atoms with Gasteiger partial charge in [-0.2, -0.15) is 5.26 Å². The Morgan fingerprint density at radius 1 is 1.27 bits per heavy atom. The highest BCUT2D eigenvalue weighted by atomic mass is 35.5. The van der Waals surface area contributed by atoms with Gasteiger partial charge in [-0.3, -0.25) is 14.4 Å². The zero-order chi connectivity index (χ0) is 24.5. The first-order chi connectivity index (χ1) is 15.7. The number of aromatic nitrogens is 1. The van der Waals surface area contributed by atoms with Crippen LogP contribution in [0.15, 0.2) is 30.4 Å². The van der Waals surface area contributed by atoms with Crippen molar-refractivity contribution in [1.29, 1.82) is 5.26 Å². The summed E-state index contributed by atoms with van der Waals surface area (Å²) in [5, 5.41) is 18.5. The van der Waals surface area contributed by atoms with Crippen LogP contribution < -0.4 is 16.0 Å². The molecule has 33 heavy (non-hydrogen) atoms. The molecule has 0 bridgehead atoms. The van der Waals surface area contributed by atoms with Crippen molar-refractivity contribution in [3.05, 3.63) is 40.4 Å². The Kier molecular flexibility index (Phi) is 9.82. The minimum atomic E-state index is -0.829. The predicted octanol–water partition coefficient (Wildman–Crippen LogP) is 3.11. The Balaban J connectivity index is 2.18. The zero-order valence-electron chi connectivity index (χ0n) is 18.9.